The highest BCUT2D eigenvalue weighted by Crippen LogP contribution is 2.33. The van der Waals surface area contributed by atoms with E-state index in [4.69, 9.17) is 4.98 Å². The predicted molar refractivity (Wildman–Crippen MR) is 124 cm³/mol. The molecule has 5 heterocycles. The fraction of sp³-hybridized carbons (Fsp3) is 0.167. The van der Waals surface area contributed by atoms with Crippen molar-refractivity contribution in [1.82, 2.24) is 30.2 Å². The zero-order valence-electron chi connectivity index (χ0n) is 17.0. The van der Waals surface area contributed by atoms with Crippen LogP contribution in [0.2, 0.25) is 0 Å². The molecule has 6 rings (SSSR count). The van der Waals surface area contributed by atoms with Crippen LogP contribution in [0.1, 0.15) is 16.3 Å². The zero-order chi connectivity index (χ0) is 20.8. The Bertz CT molecular complexity index is 1390. The van der Waals surface area contributed by atoms with Crippen molar-refractivity contribution < 1.29 is 0 Å². The number of nitrogens with zero attached hydrogens (tertiary/aromatic N) is 4. The fourth-order valence-electron chi connectivity index (χ4n) is 4.04. The van der Waals surface area contributed by atoms with E-state index in [1.807, 2.05) is 37.4 Å². The third kappa shape index (κ3) is 3.32. The Morgan fingerprint density at radius 2 is 1.94 bits per heavy atom. The average Bonchev–Trinajstić information content (AvgIpc) is 3.46. The first kappa shape index (κ1) is 18.4. The Morgan fingerprint density at radius 1 is 1.00 bits per heavy atom. The highest BCUT2D eigenvalue weighted by atomic mass is 32.1. The van der Waals surface area contributed by atoms with Crippen LogP contribution >= 0.6 is 11.3 Å². The first-order valence-corrected chi connectivity index (χ1v) is 11.1. The van der Waals surface area contributed by atoms with Crippen molar-refractivity contribution in [3.63, 3.8) is 0 Å². The molecule has 6 nitrogen and oxygen atoms in total. The second kappa shape index (κ2) is 7.37. The van der Waals surface area contributed by atoms with Gasteiger partial charge in [0.15, 0.2) is 0 Å². The number of aromatic amines is 1. The standard InChI is InChI=1S/C24H20N6S/c1-14-3-2-4-19(29-14)23-22(27-13-28-23)15-5-6-18-16(9-15)10-17(11-26-18)24-30-20-12-25-8-7-21(20)31-24/h2-6,9-11,13,25H,7-8,12H2,1H3,(H,27,28). The van der Waals surface area contributed by atoms with Crippen LogP contribution in [-0.4, -0.2) is 31.5 Å². The van der Waals surface area contributed by atoms with Crippen LogP contribution in [0, 0.1) is 6.92 Å². The summed E-state index contributed by atoms with van der Waals surface area (Å²) in [5.41, 5.74) is 7.91. The number of aromatic nitrogens is 5. The lowest BCUT2D eigenvalue weighted by Crippen LogP contribution is -2.22. The summed E-state index contributed by atoms with van der Waals surface area (Å²) in [6.07, 6.45) is 4.70. The summed E-state index contributed by atoms with van der Waals surface area (Å²) in [5.74, 6) is 0. The van der Waals surface area contributed by atoms with Crippen LogP contribution < -0.4 is 5.32 Å². The lowest BCUT2D eigenvalue weighted by Gasteiger charge is -2.09. The molecule has 7 heteroatoms. The second-order valence-electron chi connectivity index (χ2n) is 7.74. The summed E-state index contributed by atoms with van der Waals surface area (Å²) >= 11 is 1.78. The van der Waals surface area contributed by atoms with Crippen molar-refractivity contribution in [2.45, 2.75) is 19.9 Å². The Morgan fingerprint density at radius 3 is 2.84 bits per heavy atom. The van der Waals surface area contributed by atoms with Gasteiger partial charge in [0.25, 0.3) is 0 Å². The summed E-state index contributed by atoms with van der Waals surface area (Å²) < 4.78 is 0. The molecule has 0 spiro atoms. The molecule has 152 valence electrons. The third-order valence-electron chi connectivity index (χ3n) is 5.58. The lowest BCUT2D eigenvalue weighted by molar-refractivity contribution is 0.639. The number of thiazole rings is 1. The van der Waals surface area contributed by atoms with Crippen molar-refractivity contribution in [2.75, 3.05) is 6.54 Å². The maximum absolute atomic E-state index is 4.85. The summed E-state index contributed by atoms with van der Waals surface area (Å²) in [5, 5.41) is 5.51. The van der Waals surface area contributed by atoms with E-state index < -0.39 is 0 Å². The van der Waals surface area contributed by atoms with Gasteiger partial charge in [0.2, 0.25) is 0 Å². The number of hydrogen-bond acceptors (Lipinski definition) is 6. The average molecular weight is 425 g/mol. The number of nitrogens with one attached hydrogen (secondary N) is 2. The van der Waals surface area contributed by atoms with Crippen molar-refractivity contribution >= 4 is 22.2 Å². The van der Waals surface area contributed by atoms with Crippen LogP contribution in [0.25, 0.3) is 44.1 Å². The minimum absolute atomic E-state index is 0.853. The van der Waals surface area contributed by atoms with Crippen molar-refractivity contribution in [2.24, 2.45) is 0 Å². The lowest BCUT2D eigenvalue weighted by atomic mass is 10.0. The van der Waals surface area contributed by atoms with Gasteiger partial charge in [-0.05, 0) is 43.7 Å². The van der Waals surface area contributed by atoms with Gasteiger partial charge in [0.05, 0.1) is 34.6 Å². The fourth-order valence-corrected chi connectivity index (χ4v) is 5.09. The van der Waals surface area contributed by atoms with E-state index in [0.29, 0.717) is 0 Å². The summed E-state index contributed by atoms with van der Waals surface area (Å²) in [7, 11) is 0. The Balaban J connectivity index is 1.42. The maximum atomic E-state index is 4.85. The number of benzene rings is 1. The van der Waals surface area contributed by atoms with Crippen molar-refractivity contribution in [3.05, 3.63) is 71.3 Å². The van der Waals surface area contributed by atoms with Gasteiger partial charge >= 0.3 is 0 Å². The normalized spacial score (nSPS) is 13.5. The Kier molecular flexibility index (Phi) is 4.36. The summed E-state index contributed by atoms with van der Waals surface area (Å²) in [4.78, 5) is 23.4. The number of pyridine rings is 2. The molecule has 4 aromatic heterocycles. The van der Waals surface area contributed by atoms with Crippen LogP contribution in [0.4, 0.5) is 0 Å². The van der Waals surface area contributed by atoms with Gasteiger partial charge in [-0.25, -0.2) is 9.97 Å². The van der Waals surface area contributed by atoms with Crippen LogP contribution in [-0.2, 0) is 13.0 Å². The summed E-state index contributed by atoms with van der Waals surface area (Å²) in [6.45, 7) is 3.87. The van der Waals surface area contributed by atoms with E-state index in [1.165, 1.54) is 10.6 Å². The molecule has 2 N–H and O–H groups in total. The van der Waals surface area contributed by atoms with Gasteiger partial charge < -0.3 is 10.3 Å². The largest absolute Gasteiger partial charge is 0.343 e. The van der Waals surface area contributed by atoms with E-state index in [-0.39, 0.29) is 0 Å². The molecule has 1 aromatic carbocycles. The molecular weight excluding hydrogens is 404 g/mol. The van der Waals surface area contributed by atoms with Crippen LogP contribution in [0.15, 0.2) is 55.0 Å². The van der Waals surface area contributed by atoms with E-state index in [0.717, 1.165) is 69.3 Å². The van der Waals surface area contributed by atoms with Crippen LogP contribution in [0.5, 0.6) is 0 Å². The number of rotatable bonds is 3. The van der Waals surface area contributed by atoms with E-state index in [2.05, 4.69) is 43.5 Å². The summed E-state index contributed by atoms with van der Waals surface area (Å²) in [6, 6.07) is 14.5. The van der Waals surface area contributed by atoms with Crippen LogP contribution in [0.3, 0.4) is 0 Å². The molecule has 1 aliphatic heterocycles. The van der Waals surface area contributed by atoms with E-state index >= 15 is 0 Å². The molecule has 0 radical (unpaired) electrons. The molecule has 0 aliphatic carbocycles. The van der Waals surface area contributed by atoms with E-state index in [9.17, 15) is 0 Å². The Labute approximate surface area is 183 Å². The molecule has 0 unspecified atom stereocenters. The number of hydrogen-bond donors (Lipinski definition) is 2. The molecule has 0 atom stereocenters. The quantitative estimate of drug-likeness (QED) is 0.436. The first-order valence-electron chi connectivity index (χ1n) is 10.3. The molecule has 0 amide bonds. The minimum Gasteiger partial charge on any atom is -0.343 e. The van der Waals surface area contributed by atoms with Gasteiger partial charge in [0.1, 0.15) is 5.01 Å². The van der Waals surface area contributed by atoms with Gasteiger partial charge in [-0.3, -0.25) is 9.97 Å². The molecule has 5 aromatic rings. The maximum Gasteiger partial charge on any atom is 0.125 e. The van der Waals surface area contributed by atoms with Gasteiger partial charge in [0, 0.05) is 46.4 Å². The Hall–Kier alpha value is -3.42. The third-order valence-corrected chi connectivity index (χ3v) is 6.79. The topological polar surface area (TPSA) is 79.4 Å². The SMILES string of the molecule is Cc1cccc(-c2[nH]cnc2-c2ccc3ncc(-c4nc5c(s4)CCNC5)cc3c2)n1. The van der Waals surface area contributed by atoms with Crippen molar-refractivity contribution in [1.29, 1.82) is 0 Å². The van der Waals surface area contributed by atoms with Crippen molar-refractivity contribution in [3.8, 4) is 33.2 Å². The minimum atomic E-state index is 0.853. The van der Waals surface area contributed by atoms with Gasteiger partial charge in [-0.15, -0.1) is 11.3 Å². The molecule has 0 saturated heterocycles. The molecule has 31 heavy (non-hydrogen) atoms. The second-order valence-corrected chi connectivity index (χ2v) is 8.82. The van der Waals surface area contributed by atoms with Gasteiger partial charge in [-0.2, -0.15) is 0 Å². The monoisotopic (exact) mass is 424 g/mol. The van der Waals surface area contributed by atoms with Gasteiger partial charge in [-0.1, -0.05) is 12.1 Å². The molecule has 0 saturated carbocycles. The molecule has 0 bridgehead atoms. The highest BCUT2D eigenvalue weighted by molar-refractivity contribution is 7.15. The molecule has 0 fully saturated rings. The number of H-pyrrole nitrogens is 1. The first-order chi connectivity index (χ1) is 15.2. The predicted octanol–water partition coefficient (Wildman–Crippen LogP) is 4.76. The number of fused-ring (bicyclic) bond motifs is 2. The molecular formula is C24H20N6S. The smallest absolute Gasteiger partial charge is 0.125 e. The highest BCUT2D eigenvalue weighted by Gasteiger charge is 2.17. The number of aryl methyl sites for hydroxylation is 1. The molecule has 1 aliphatic rings. The zero-order valence-corrected chi connectivity index (χ0v) is 17.8. The van der Waals surface area contributed by atoms with E-state index in [1.54, 1.807) is 17.7 Å². The number of imidazole rings is 1.